The molecule has 0 unspecified atom stereocenters. The van der Waals surface area contributed by atoms with E-state index in [0.717, 1.165) is 21.4 Å². The number of fused-ring (bicyclic) bond motifs is 7. The molecule has 4 aromatic carbocycles. The first-order valence-corrected chi connectivity index (χ1v) is 13.1. The lowest BCUT2D eigenvalue weighted by Gasteiger charge is -2.08. The zero-order valence-corrected chi connectivity index (χ0v) is 20.6. The molecule has 0 radical (unpaired) electrons. The van der Waals surface area contributed by atoms with E-state index in [0.29, 0.717) is 0 Å². The molecule has 8 aromatic rings. The number of para-hydroxylation sites is 3. The van der Waals surface area contributed by atoms with Gasteiger partial charge in [0, 0.05) is 33.4 Å². The predicted octanol–water partition coefficient (Wildman–Crippen LogP) is 8.40. The Bertz CT molecular complexity index is 2080. The molecule has 0 aliphatic rings. The molecule has 0 aliphatic carbocycles. The molecule has 0 N–H and O–H groups in total. The summed E-state index contributed by atoms with van der Waals surface area (Å²) in [6.45, 7) is 0. The number of benzene rings is 4. The van der Waals surface area contributed by atoms with Crippen LogP contribution >= 0.6 is 11.3 Å². The van der Waals surface area contributed by atoms with E-state index in [4.69, 9.17) is 4.98 Å². The first kappa shape index (κ1) is 20.5. The Morgan fingerprint density at radius 1 is 0.541 bits per heavy atom. The molecule has 8 rings (SSSR count). The molecule has 4 aromatic heterocycles. The van der Waals surface area contributed by atoms with Crippen molar-refractivity contribution in [2.75, 3.05) is 0 Å². The van der Waals surface area contributed by atoms with Crippen LogP contribution in [-0.4, -0.2) is 19.1 Å². The highest BCUT2D eigenvalue weighted by atomic mass is 32.1. The fourth-order valence-electron chi connectivity index (χ4n) is 5.57. The van der Waals surface area contributed by atoms with Gasteiger partial charge in [0.15, 0.2) is 0 Å². The molecule has 0 aliphatic heterocycles. The molecule has 174 valence electrons. The van der Waals surface area contributed by atoms with Crippen LogP contribution in [0.4, 0.5) is 0 Å². The second-order valence-electron chi connectivity index (χ2n) is 9.12. The minimum absolute atomic E-state index is 0.894. The van der Waals surface area contributed by atoms with Crippen molar-refractivity contribution in [3.63, 3.8) is 0 Å². The van der Waals surface area contributed by atoms with Crippen molar-refractivity contribution in [3.8, 4) is 21.4 Å². The Kier molecular flexibility index (Phi) is 4.36. The normalized spacial score (nSPS) is 11.8. The molecule has 0 atom stereocenters. The van der Waals surface area contributed by atoms with Crippen molar-refractivity contribution in [2.45, 2.75) is 0 Å². The molecule has 37 heavy (non-hydrogen) atoms. The Hall–Kier alpha value is -4.74. The zero-order valence-electron chi connectivity index (χ0n) is 19.7. The Morgan fingerprint density at radius 3 is 2.08 bits per heavy atom. The van der Waals surface area contributed by atoms with Gasteiger partial charge in [-0.2, -0.15) is 0 Å². The van der Waals surface area contributed by atoms with Crippen LogP contribution < -0.4 is 0 Å². The van der Waals surface area contributed by atoms with Crippen LogP contribution in [0.15, 0.2) is 122 Å². The maximum Gasteiger partial charge on any atom is 0.143 e. The number of nitrogens with zero attached hydrogens (tertiary/aromatic N) is 4. The molecule has 5 heteroatoms. The molecular formula is C32H20N4S. The highest BCUT2D eigenvalue weighted by molar-refractivity contribution is 7.17. The van der Waals surface area contributed by atoms with Crippen LogP contribution in [0, 0.1) is 0 Å². The van der Waals surface area contributed by atoms with Crippen molar-refractivity contribution in [1.82, 2.24) is 19.1 Å². The van der Waals surface area contributed by atoms with Crippen LogP contribution in [0.25, 0.3) is 65.0 Å². The van der Waals surface area contributed by atoms with Gasteiger partial charge in [-0.15, -0.1) is 0 Å². The molecule has 0 saturated heterocycles. The zero-order chi connectivity index (χ0) is 24.3. The average molecular weight is 493 g/mol. The number of pyridine rings is 1. The van der Waals surface area contributed by atoms with Crippen LogP contribution in [-0.2, 0) is 0 Å². The van der Waals surface area contributed by atoms with E-state index in [2.05, 4.69) is 105 Å². The van der Waals surface area contributed by atoms with E-state index in [9.17, 15) is 0 Å². The first-order valence-electron chi connectivity index (χ1n) is 12.3. The molecule has 0 spiro atoms. The highest BCUT2D eigenvalue weighted by Gasteiger charge is 2.21. The Labute approximate surface area is 216 Å². The van der Waals surface area contributed by atoms with Crippen molar-refractivity contribution >= 4 is 54.9 Å². The molecule has 0 bridgehead atoms. The smallest absolute Gasteiger partial charge is 0.143 e. The first-order chi connectivity index (χ1) is 18.4. The van der Waals surface area contributed by atoms with Gasteiger partial charge in [0.25, 0.3) is 0 Å². The molecule has 0 amide bonds. The lowest BCUT2D eigenvalue weighted by atomic mass is 10.1. The highest BCUT2D eigenvalue weighted by Crippen LogP contribution is 2.42. The molecule has 0 fully saturated rings. The monoisotopic (exact) mass is 492 g/mol. The van der Waals surface area contributed by atoms with Gasteiger partial charge in [-0.25, -0.2) is 4.98 Å². The lowest BCUT2D eigenvalue weighted by Crippen LogP contribution is -1.93. The van der Waals surface area contributed by atoms with Gasteiger partial charge in [-0.3, -0.25) is 9.55 Å². The van der Waals surface area contributed by atoms with Gasteiger partial charge >= 0.3 is 0 Å². The van der Waals surface area contributed by atoms with E-state index < -0.39 is 0 Å². The van der Waals surface area contributed by atoms with Crippen LogP contribution in [0.3, 0.4) is 0 Å². The van der Waals surface area contributed by atoms with Crippen molar-refractivity contribution in [3.05, 3.63) is 122 Å². The van der Waals surface area contributed by atoms with Gasteiger partial charge in [0.1, 0.15) is 10.0 Å². The third-order valence-corrected chi connectivity index (χ3v) is 8.09. The van der Waals surface area contributed by atoms with Gasteiger partial charge in [0.2, 0.25) is 0 Å². The minimum atomic E-state index is 0.894. The third kappa shape index (κ3) is 2.95. The maximum atomic E-state index is 4.78. The average Bonchev–Trinajstić information content (AvgIpc) is 3.66. The molecular weight excluding hydrogens is 472 g/mol. The van der Waals surface area contributed by atoms with Crippen LogP contribution in [0.1, 0.15) is 0 Å². The summed E-state index contributed by atoms with van der Waals surface area (Å²) < 4.78 is 4.76. The summed E-state index contributed by atoms with van der Waals surface area (Å²) in [6.07, 6.45) is 3.80. The number of hydrogen-bond donors (Lipinski definition) is 0. The minimum Gasteiger partial charge on any atom is -0.309 e. The van der Waals surface area contributed by atoms with Crippen molar-refractivity contribution < 1.29 is 0 Å². The van der Waals surface area contributed by atoms with Crippen LogP contribution in [0.5, 0.6) is 0 Å². The topological polar surface area (TPSA) is 35.6 Å². The summed E-state index contributed by atoms with van der Waals surface area (Å²) in [5.74, 6) is 0. The van der Waals surface area contributed by atoms with E-state index >= 15 is 0 Å². The summed E-state index contributed by atoms with van der Waals surface area (Å²) in [4.78, 5) is 9.31. The maximum absolute atomic E-state index is 4.78. The molecule has 4 heterocycles. The van der Waals surface area contributed by atoms with Gasteiger partial charge in [0.05, 0.1) is 34.0 Å². The molecule has 4 nitrogen and oxygen atoms in total. The lowest BCUT2D eigenvalue weighted by molar-refractivity contribution is 1.18. The number of rotatable bonds is 3. The van der Waals surface area contributed by atoms with Gasteiger partial charge in [-0.1, -0.05) is 78.1 Å². The number of aromatic nitrogens is 4. The van der Waals surface area contributed by atoms with E-state index in [1.807, 2.05) is 30.6 Å². The largest absolute Gasteiger partial charge is 0.309 e. The van der Waals surface area contributed by atoms with E-state index in [1.165, 1.54) is 43.6 Å². The summed E-state index contributed by atoms with van der Waals surface area (Å²) in [7, 11) is 0. The standard InChI is InChI=1S/C32H20N4S/c1-2-10-21(11-3-1)35-27-16-7-5-13-24(27)30-28(35)18-17-23-22-12-4-6-15-26(22)36(31(23)30)29-20-34-32(37-29)25-14-8-9-19-33-25/h1-20H. The second-order valence-corrected chi connectivity index (χ2v) is 10.1. The quantitative estimate of drug-likeness (QED) is 0.248. The Morgan fingerprint density at radius 2 is 1.27 bits per heavy atom. The van der Waals surface area contributed by atoms with E-state index in [1.54, 1.807) is 11.3 Å². The summed E-state index contributed by atoms with van der Waals surface area (Å²) in [5.41, 5.74) is 6.83. The number of hydrogen-bond acceptors (Lipinski definition) is 3. The van der Waals surface area contributed by atoms with Crippen molar-refractivity contribution in [2.24, 2.45) is 0 Å². The fourth-order valence-corrected chi connectivity index (χ4v) is 6.48. The fraction of sp³-hybridized carbons (Fsp3) is 0. The van der Waals surface area contributed by atoms with Gasteiger partial charge < -0.3 is 4.57 Å². The van der Waals surface area contributed by atoms with Gasteiger partial charge in [-0.05, 0) is 42.5 Å². The summed E-state index contributed by atoms with van der Waals surface area (Å²) >= 11 is 1.67. The third-order valence-electron chi connectivity index (χ3n) is 7.08. The van der Waals surface area contributed by atoms with Crippen molar-refractivity contribution in [1.29, 1.82) is 0 Å². The number of thiazole rings is 1. The second kappa shape index (κ2) is 7.88. The summed E-state index contributed by atoms with van der Waals surface area (Å²) in [6, 6.07) is 38.5. The SMILES string of the molecule is c1ccc(-n2c3ccccc3c3c2ccc2c4ccccc4n(-c4cnc(-c5ccccn5)s4)c23)cc1. The summed E-state index contributed by atoms with van der Waals surface area (Å²) in [5, 5.41) is 6.97. The predicted molar refractivity (Wildman–Crippen MR) is 154 cm³/mol. The van der Waals surface area contributed by atoms with Crippen LogP contribution in [0.2, 0.25) is 0 Å². The van der Waals surface area contributed by atoms with E-state index in [-0.39, 0.29) is 0 Å². The Balaban J connectivity index is 1.54. The molecule has 0 saturated carbocycles.